The Balaban J connectivity index is 1.99. The van der Waals surface area contributed by atoms with Crippen LogP contribution in [0.3, 0.4) is 0 Å². The fourth-order valence-corrected chi connectivity index (χ4v) is 4.28. The standard InChI is InChI=1S/C29H30N4O/c1-3-17-32(18-4-2)22-31-29-26(20-30)27(23-12-7-5-8-13-23)28(24-14-9-6-10-15-24)33(29)21-25-16-11-19-34-25/h5-16,19,22H,3-4,17-18,21H2,1-2H3. The van der Waals surface area contributed by atoms with E-state index in [1.165, 1.54) is 0 Å². The van der Waals surface area contributed by atoms with Crippen molar-refractivity contribution in [2.75, 3.05) is 13.1 Å². The van der Waals surface area contributed by atoms with E-state index in [1.807, 2.05) is 67.0 Å². The topological polar surface area (TPSA) is 57.5 Å². The summed E-state index contributed by atoms with van der Waals surface area (Å²) in [6.07, 6.45) is 5.65. The molecule has 172 valence electrons. The van der Waals surface area contributed by atoms with Crippen molar-refractivity contribution in [3.63, 3.8) is 0 Å². The summed E-state index contributed by atoms with van der Waals surface area (Å²) in [6, 6.07) is 26.6. The molecule has 0 fully saturated rings. The second kappa shape index (κ2) is 11.2. The maximum absolute atomic E-state index is 10.4. The Kier molecular flexibility index (Phi) is 7.62. The van der Waals surface area contributed by atoms with Gasteiger partial charge in [0, 0.05) is 18.7 Å². The Hall–Kier alpha value is -4.04. The maximum atomic E-state index is 10.4. The second-order valence-electron chi connectivity index (χ2n) is 8.21. The number of rotatable bonds is 10. The Morgan fingerprint density at radius 2 is 1.56 bits per heavy atom. The predicted molar refractivity (Wildman–Crippen MR) is 138 cm³/mol. The van der Waals surface area contributed by atoms with Crippen molar-refractivity contribution in [3.8, 4) is 28.5 Å². The number of nitriles is 1. The Bertz CT molecular complexity index is 1240. The second-order valence-corrected chi connectivity index (χ2v) is 8.21. The van der Waals surface area contributed by atoms with Gasteiger partial charge in [0.2, 0.25) is 0 Å². The lowest BCUT2D eigenvalue weighted by atomic mass is 9.98. The van der Waals surface area contributed by atoms with Crippen molar-refractivity contribution in [1.82, 2.24) is 9.47 Å². The zero-order chi connectivity index (χ0) is 23.8. The molecule has 4 aromatic rings. The SMILES string of the molecule is CCCN(C=Nc1c(C#N)c(-c2ccccc2)c(-c2ccccc2)n1Cc1ccco1)CCC. The number of benzene rings is 2. The molecule has 0 radical (unpaired) electrons. The molecule has 2 aromatic carbocycles. The normalized spacial score (nSPS) is 11.1. The lowest BCUT2D eigenvalue weighted by Gasteiger charge is -2.17. The maximum Gasteiger partial charge on any atom is 0.153 e. The first kappa shape index (κ1) is 23.1. The molecule has 2 aromatic heterocycles. The number of furan rings is 1. The van der Waals surface area contributed by atoms with Gasteiger partial charge in [-0.05, 0) is 36.1 Å². The van der Waals surface area contributed by atoms with Gasteiger partial charge in [-0.25, -0.2) is 4.99 Å². The Morgan fingerprint density at radius 3 is 2.12 bits per heavy atom. The molecule has 5 nitrogen and oxygen atoms in total. The van der Waals surface area contributed by atoms with Gasteiger partial charge in [-0.2, -0.15) is 5.26 Å². The highest BCUT2D eigenvalue weighted by molar-refractivity contribution is 5.91. The Morgan fingerprint density at radius 1 is 0.912 bits per heavy atom. The molecule has 0 bridgehead atoms. The molecule has 0 atom stereocenters. The van der Waals surface area contributed by atoms with Crippen LogP contribution in [0.15, 0.2) is 88.5 Å². The molecule has 0 aliphatic carbocycles. The molecule has 2 heterocycles. The van der Waals surface area contributed by atoms with Crippen LogP contribution in [0.25, 0.3) is 22.4 Å². The molecule has 0 N–H and O–H groups in total. The first-order chi connectivity index (χ1) is 16.8. The third kappa shape index (κ3) is 4.97. The van der Waals surface area contributed by atoms with Crippen molar-refractivity contribution >= 4 is 12.2 Å². The van der Waals surface area contributed by atoms with Gasteiger partial charge in [0.15, 0.2) is 5.82 Å². The van der Waals surface area contributed by atoms with E-state index in [4.69, 9.17) is 9.41 Å². The summed E-state index contributed by atoms with van der Waals surface area (Å²) < 4.78 is 7.82. The molecule has 0 saturated carbocycles. The average Bonchev–Trinajstić information content (AvgIpc) is 3.50. The summed E-state index contributed by atoms with van der Waals surface area (Å²) in [6.45, 7) is 6.66. The van der Waals surface area contributed by atoms with Gasteiger partial charge < -0.3 is 13.9 Å². The number of aliphatic imine (C=N–C) groups is 1. The van der Waals surface area contributed by atoms with Gasteiger partial charge in [-0.3, -0.25) is 0 Å². The highest BCUT2D eigenvalue weighted by Gasteiger charge is 2.25. The monoisotopic (exact) mass is 450 g/mol. The summed E-state index contributed by atoms with van der Waals surface area (Å²) >= 11 is 0. The van der Waals surface area contributed by atoms with Crippen LogP contribution in [0, 0.1) is 11.3 Å². The van der Waals surface area contributed by atoms with Gasteiger partial charge in [0.1, 0.15) is 17.4 Å². The van der Waals surface area contributed by atoms with Gasteiger partial charge in [-0.1, -0.05) is 74.5 Å². The van der Waals surface area contributed by atoms with Crippen LogP contribution < -0.4 is 0 Å². The number of hydrogen-bond donors (Lipinski definition) is 0. The van der Waals surface area contributed by atoms with E-state index in [2.05, 4.69) is 41.5 Å². The minimum absolute atomic E-state index is 0.479. The summed E-state index contributed by atoms with van der Waals surface area (Å²) in [5.41, 5.74) is 4.45. The number of aromatic nitrogens is 1. The summed E-state index contributed by atoms with van der Waals surface area (Å²) in [5.74, 6) is 1.46. The zero-order valence-corrected chi connectivity index (χ0v) is 19.8. The van der Waals surface area contributed by atoms with Crippen molar-refractivity contribution in [1.29, 1.82) is 5.26 Å². The van der Waals surface area contributed by atoms with Crippen LogP contribution in [-0.4, -0.2) is 28.9 Å². The van der Waals surface area contributed by atoms with Gasteiger partial charge in [0.05, 0.1) is 24.8 Å². The smallest absolute Gasteiger partial charge is 0.153 e. The van der Waals surface area contributed by atoms with E-state index >= 15 is 0 Å². The molecule has 0 aliphatic rings. The van der Waals surface area contributed by atoms with Crippen LogP contribution in [0.2, 0.25) is 0 Å². The first-order valence-corrected chi connectivity index (χ1v) is 11.8. The van der Waals surface area contributed by atoms with Gasteiger partial charge in [0.25, 0.3) is 0 Å². The molecule has 4 rings (SSSR count). The van der Waals surface area contributed by atoms with E-state index < -0.39 is 0 Å². The van der Waals surface area contributed by atoms with Crippen molar-refractivity contribution in [2.24, 2.45) is 4.99 Å². The molecular weight excluding hydrogens is 420 g/mol. The summed E-state index contributed by atoms with van der Waals surface area (Å²) in [5, 5.41) is 10.4. The van der Waals surface area contributed by atoms with E-state index in [0.29, 0.717) is 17.9 Å². The van der Waals surface area contributed by atoms with Crippen molar-refractivity contribution in [3.05, 3.63) is 90.4 Å². The van der Waals surface area contributed by atoms with Crippen LogP contribution in [0.1, 0.15) is 38.0 Å². The minimum Gasteiger partial charge on any atom is -0.467 e. The third-order valence-corrected chi connectivity index (χ3v) is 5.72. The molecule has 0 unspecified atom stereocenters. The van der Waals surface area contributed by atoms with E-state index in [0.717, 1.165) is 54.1 Å². The quantitative estimate of drug-likeness (QED) is 0.191. The molecular formula is C29H30N4O. The number of hydrogen-bond acceptors (Lipinski definition) is 3. The third-order valence-electron chi connectivity index (χ3n) is 5.72. The lowest BCUT2D eigenvalue weighted by molar-refractivity contribution is 0.428. The highest BCUT2D eigenvalue weighted by atomic mass is 16.3. The fourth-order valence-electron chi connectivity index (χ4n) is 4.28. The largest absolute Gasteiger partial charge is 0.467 e. The van der Waals surface area contributed by atoms with Crippen LogP contribution in [0.5, 0.6) is 0 Å². The van der Waals surface area contributed by atoms with Crippen molar-refractivity contribution in [2.45, 2.75) is 33.2 Å². The average molecular weight is 451 g/mol. The first-order valence-electron chi connectivity index (χ1n) is 11.8. The summed E-state index contributed by atoms with van der Waals surface area (Å²) in [7, 11) is 0. The highest BCUT2D eigenvalue weighted by Crippen LogP contribution is 2.43. The van der Waals surface area contributed by atoms with Crippen molar-refractivity contribution < 1.29 is 4.42 Å². The molecule has 5 heteroatoms. The molecule has 0 amide bonds. The molecule has 0 saturated heterocycles. The fraction of sp³-hybridized carbons (Fsp3) is 0.241. The van der Waals surface area contributed by atoms with E-state index in [9.17, 15) is 5.26 Å². The van der Waals surface area contributed by atoms with Crippen LogP contribution in [-0.2, 0) is 6.54 Å². The predicted octanol–water partition coefficient (Wildman–Crippen LogP) is 7.12. The summed E-state index contributed by atoms with van der Waals surface area (Å²) in [4.78, 5) is 7.15. The lowest BCUT2D eigenvalue weighted by Crippen LogP contribution is -2.23. The van der Waals surface area contributed by atoms with Crippen LogP contribution >= 0.6 is 0 Å². The zero-order valence-electron chi connectivity index (χ0n) is 19.8. The molecule has 0 spiro atoms. The van der Waals surface area contributed by atoms with Gasteiger partial charge >= 0.3 is 0 Å². The molecule has 0 aliphatic heterocycles. The molecule has 34 heavy (non-hydrogen) atoms. The van der Waals surface area contributed by atoms with E-state index in [1.54, 1.807) is 6.26 Å². The number of nitrogens with zero attached hydrogens (tertiary/aromatic N) is 4. The minimum atomic E-state index is 0.479. The van der Waals surface area contributed by atoms with Crippen LogP contribution in [0.4, 0.5) is 5.82 Å². The Labute approximate surface area is 201 Å². The van der Waals surface area contributed by atoms with E-state index in [-0.39, 0.29) is 0 Å². The van der Waals surface area contributed by atoms with Gasteiger partial charge in [-0.15, -0.1) is 0 Å².